The second-order valence-corrected chi connectivity index (χ2v) is 7.34. The van der Waals surface area contributed by atoms with E-state index in [0.717, 1.165) is 0 Å². The van der Waals surface area contributed by atoms with Gasteiger partial charge >= 0.3 is 6.18 Å². The van der Waals surface area contributed by atoms with Crippen LogP contribution in [0, 0.1) is 0 Å². The first-order valence-electron chi connectivity index (χ1n) is 2.99. The van der Waals surface area contributed by atoms with Gasteiger partial charge in [0.2, 0.25) is 0 Å². The summed E-state index contributed by atoms with van der Waals surface area (Å²) in [7, 11) is -1.61. The Kier molecular flexibility index (Phi) is 9.39. The Morgan fingerprint density at radius 2 is 1.38 bits per heavy atom. The molecule has 0 heterocycles. The van der Waals surface area contributed by atoms with Crippen LogP contribution in [-0.2, 0) is 24.3 Å². The van der Waals surface area contributed by atoms with Gasteiger partial charge in [-0.25, -0.2) is 0 Å². The zero-order valence-electron chi connectivity index (χ0n) is 7.70. The van der Waals surface area contributed by atoms with E-state index in [1.165, 1.54) is 0 Å². The van der Waals surface area contributed by atoms with Crippen molar-refractivity contribution < 1.29 is 42.2 Å². The molecule has 8 heteroatoms. The number of carbonyl (C=O) groups excluding carboxylic acids is 1. The van der Waals surface area contributed by atoms with Crippen LogP contribution in [0.5, 0.6) is 0 Å². The summed E-state index contributed by atoms with van der Waals surface area (Å²) in [5.74, 6) is -2.51. The molecule has 0 aromatic heterocycles. The van der Waals surface area contributed by atoms with Crippen molar-refractivity contribution in [3.8, 4) is 0 Å². The molecule has 13 heavy (non-hydrogen) atoms. The average Bonchev–Trinajstić information content (AvgIpc) is 1.55. The topological polar surface area (TPSA) is 61.1 Å². The number of alkyl halides is 3. The van der Waals surface area contributed by atoms with Gasteiger partial charge in [-0.2, -0.15) is 13.2 Å². The molecule has 0 saturated carbocycles. The molecule has 0 rings (SSSR count). The molecule has 0 bridgehead atoms. The molecule has 3 nitrogen and oxygen atoms in total. The van der Waals surface area contributed by atoms with Crippen LogP contribution >= 0.6 is 0 Å². The average molecular weight is 268 g/mol. The van der Waals surface area contributed by atoms with Crippen LogP contribution in [0.25, 0.3) is 5.73 Å². The summed E-state index contributed by atoms with van der Waals surface area (Å²) in [6.07, 6.45) is -4.97. The standard InChI is InChI=1S/C3H10OSi.C2H2F3NO.Zn/c1-5(2,3)4;3-2(4,5)1(6)7;/h4H,1-3H3;(H2,6,7);/p-1. The van der Waals surface area contributed by atoms with Crippen molar-refractivity contribution >= 4 is 14.2 Å². The summed E-state index contributed by atoms with van der Waals surface area (Å²) >= 11 is 0. The fourth-order valence-corrected chi connectivity index (χ4v) is 0. The van der Waals surface area contributed by atoms with E-state index in [4.69, 9.17) is 15.3 Å². The minimum Gasteiger partial charge on any atom is -0.660 e. The molecule has 0 unspecified atom stereocenters. The normalized spacial score (nSPS) is 10.7. The van der Waals surface area contributed by atoms with Gasteiger partial charge in [0.15, 0.2) is 14.2 Å². The van der Waals surface area contributed by atoms with E-state index in [1.807, 2.05) is 19.6 Å². The number of rotatable bonds is 0. The van der Waals surface area contributed by atoms with Gasteiger partial charge in [-0.1, -0.05) is 0 Å². The summed E-state index contributed by atoms with van der Waals surface area (Å²) in [4.78, 5) is 17.7. The monoisotopic (exact) mass is 266 g/mol. The molecule has 76 valence electrons. The Labute approximate surface area is 88.4 Å². The van der Waals surface area contributed by atoms with Crippen molar-refractivity contribution in [3.63, 3.8) is 0 Å². The summed E-state index contributed by atoms with van der Waals surface area (Å²) in [5, 5.41) is 0. The van der Waals surface area contributed by atoms with E-state index in [0.29, 0.717) is 0 Å². The minimum absolute atomic E-state index is 0. The number of hydrogen-bond acceptors (Lipinski definition) is 2. The SMILES string of the molecule is C[Si](C)(C)O.[NH-]C(=O)C(F)(F)F.[Zn]. The third-order valence-corrected chi connectivity index (χ3v) is 0.257. The van der Waals surface area contributed by atoms with Gasteiger partial charge in [-0.15, -0.1) is 0 Å². The largest absolute Gasteiger partial charge is 0.660 e. The van der Waals surface area contributed by atoms with E-state index < -0.39 is 20.4 Å². The van der Waals surface area contributed by atoms with Crippen LogP contribution in [0.4, 0.5) is 13.2 Å². The maximum Gasteiger partial charge on any atom is 0.432 e. The number of nitrogens with one attached hydrogen (secondary N) is 1. The van der Waals surface area contributed by atoms with Gasteiger partial charge < -0.3 is 15.3 Å². The first kappa shape index (κ1) is 18.8. The second-order valence-electron chi connectivity index (χ2n) is 3.00. The molecular formula is C5H11F3NO2SiZn-. The Hall–Kier alpha value is 0.0603. The molecule has 0 aromatic carbocycles. The van der Waals surface area contributed by atoms with Gasteiger partial charge in [0.05, 0.1) is 0 Å². The van der Waals surface area contributed by atoms with Crippen LogP contribution in [0.2, 0.25) is 19.6 Å². The predicted octanol–water partition coefficient (Wildman–Crippen LogP) is 1.94. The van der Waals surface area contributed by atoms with Gasteiger partial charge in [-0.05, 0) is 19.6 Å². The zero-order chi connectivity index (χ0) is 10.6. The maximum absolute atomic E-state index is 10.6. The first-order chi connectivity index (χ1) is 4.94. The van der Waals surface area contributed by atoms with Crippen LogP contribution in [-0.4, -0.2) is 25.2 Å². The fourth-order valence-electron chi connectivity index (χ4n) is 0. The molecule has 2 N–H and O–H groups in total. The van der Waals surface area contributed by atoms with Crippen LogP contribution < -0.4 is 0 Å². The third-order valence-electron chi connectivity index (χ3n) is 0.257. The van der Waals surface area contributed by atoms with Gasteiger partial charge in [0, 0.05) is 19.5 Å². The van der Waals surface area contributed by atoms with E-state index in [-0.39, 0.29) is 19.5 Å². The summed E-state index contributed by atoms with van der Waals surface area (Å²) in [6, 6.07) is 0. The number of amides is 1. The molecule has 0 aliphatic heterocycles. The molecule has 0 atom stereocenters. The van der Waals surface area contributed by atoms with Crippen molar-refractivity contribution in [1.82, 2.24) is 0 Å². The Balaban J connectivity index is -0.000000150. The number of hydrogen-bond donors (Lipinski definition) is 1. The number of carbonyl (C=O) groups is 1. The van der Waals surface area contributed by atoms with Crippen LogP contribution in [0.3, 0.4) is 0 Å². The van der Waals surface area contributed by atoms with Crippen molar-refractivity contribution in [2.45, 2.75) is 25.8 Å². The van der Waals surface area contributed by atoms with Crippen molar-refractivity contribution in [3.05, 3.63) is 5.73 Å². The molecule has 0 aliphatic rings. The molecule has 0 saturated heterocycles. The smallest absolute Gasteiger partial charge is 0.432 e. The Bertz CT molecular complexity index is 151. The molecular weight excluding hydrogens is 257 g/mol. The van der Waals surface area contributed by atoms with Gasteiger partial charge in [0.25, 0.3) is 0 Å². The molecule has 0 spiro atoms. The first-order valence-corrected chi connectivity index (χ1v) is 6.44. The van der Waals surface area contributed by atoms with E-state index in [9.17, 15) is 13.2 Å². The second kappa shape index (κ2) is 6.50. The van der Waals surface area contributed by atoms with E-state index in [1.54, 1.807) is 0 Å². The van der Waals surface area contributed by atoms with E-state index in [2.05, 4.69) is 0 Å². The van der Waals surface area contributed by atoms with Crippen molar-refractivity contribution in [2.24, 2.45) is 0 Å². The Morgan fingerprint density at radius 3 is 1.38 bits per heavy atom. The predicted molar refractivity (Wildman–Crippen MR) is 40.9 cm³/mol. The van der Waals surface area contributed by atoms with Crippen molar-refractivity contribution in [1.29, 1.82) is 0 Å². The molecule has 0 aromatic rings. The molecule has 1 amide bonds. The molecule has 0 aliphatic carbocycles. The van der Waals surface area contributed by atoms with Crippen LogP contribution in [0.1, 0.15) is 0 Å². The minimum atomic E-state index is -4.97. The molecule has 0 radical (unpaired) electrons. The quantitative estimate of drug-likeness (QED) is 0.682. The maximum atomic E-state index is 10.6. The van der Waals surface area contributed by atoms with Gasteiger partial charge in [-0.3, -0.25) is 0 Å². The summed E-state index contributed by atoms with van der Waals surface area (Å²) in [6.45, 7) is 5.65. The summed E-state index contributed by atoms with van der Waals surface area (Å²) < 4.78 is 31.9. The third kappa shape index (κ3) is 33.2. The summed E-state index contributed by atoms with van der Waals surface area (Å²) in [5.41, 5.74) is 5.47. The van der Waals surface area contributed by atoms with Gasteiger partial charge in [0.1, 0.15) is 0 Å². The fraction of sp³-hybridized carbons (Fsp3) is 0.800. The van der Waals surface area contributed by atoms with Crippen molar-refractivity contribution in [2.75, 3.05) is 0 Å². The number of halogens is 3. The van der Waals surface area contributed by atoms with E-state index >= 15 is 0 Å². The molecule has 0 fully saturated rings. The Morgan fingerprint density at radius 1 is 1.31 bits per heavy atom. The van der Waals surface area contributed by atoms with Crippen LogP contribution in [0.15, 0.2) is 0 Å². The zero-order valence-corrected chi connectivity index (χ0v) is 11.7.